The maximum Gasteiger partial charge on any atom is 0.293 e. The van der Waals surface area contributed by atoms with Gasteiger partial charge < -0.3 is 9.84 Å². The van der Waals surface area contributed by atoms with E-state index in [0.29, 0.717) is 22.8 Å². The molecule has 3 rings (SSSR count). The van der Waals surface area contributed by atoms with Gasteiger partial charge in [0, 0.05) is 6.54 Å². The van der Waals surface area contributed by atoms with Gasteiger partial charge >= 0.3 is 0 Å². The molecule has 2 aliphatic rings. The zero-order valence-electron chi connectivity index (χ0n) is 14.6. The Balaban J connectivity index is 1.78. The molecule has 0 aromatic heterocycles. The second kappa shape index (κ2) is 7.12. The van der Waals surface area contributed by atoms with Crippen LogP contribution in [0.5, 0.6) is 11.5 Å². The Morgan fingerprint density at radius 3 is 2.68 bits per heavy atom. The lowest BCUT2D eigenvalue weighted by Crippen LogP contribution is -2.39. The molecule has 0 radical (unpaired) electrons. The quantitative estimate of drug-likeness (QED) is 0.805. The number of rotatable bonds is 4. The van der Waals surface area contributed by atoms with E-state index >= 15 is 0 Å². The summed E-state index contributed by atoms with van der Waals surface area (Å²) >= 11 is 0.977. The predicted octanol–water partition coefficient (Wildman–Crippen LogP) is 4.41. The second-order valence-corrected chi connectivity index (χ2v) is 8.06. The minimum atomic E-state index is -0.228. The van der Waals surface area contributed by atoms with Gasteiger partial charge in [-0.25, -0.2) is 0 Å². The molecule has 0 spiro atoms. The number of phenolic OH excluding ortho intramolecular Hbond substituents is 1. The van der Waals surface area contributed by atoms with E-state index in [2.05, 4.69) is 6.92 Å². The first kappa shape index (κ1) is 17.9. The SMILES string of the molecule is COc1cc(C=C2SC(=O)N(CC3(C)CCCCC3)C2=O)ccc1O. The molecule has 25 heavy (non-hydrogen) atoms. The van der Waals surface area contributed by atoms with Crippen LogP contribution in [0.2, 0.25) is 0 Å². The average molecular weight is 361 g/mol. The van der Waals surface area contributed by atoms with Crippen LogP contribution in [0.3, 0.4) is 0 Å². The Kier molecular flexibility index (Phi) is 5.08. The smallest absolute Gasteiger partial charge is 0.293 e. The van der Waals surface area contributed by atoms with E-state index in [0.717, 1.165) is 37.4 Å². The minimum Gasteiger partial charge on any atom is -0.504 e. The Morgan fingerprint density at radius 1 is 1.28 bits per heavy atom. The summed E-state index contributed by atoms with van der Waals surface area (Å²) < 4.78 is 5.08. The van der Waals surface area contributed by atoms with Crippen LogP contribution >= 0.6 is 11.8 Å². The lowest BCUT2D eigenvalue weighted by atomic mass is 9.75. The Morgan fingerprint density at radius 2 is 2.00 bits per heavy atom. The molecule has 2 fully saturated rings. The van der Waals surface area contributed by atoms with Crippen LogP contribution in [-0.4, -0.2) is 34.8 Å². The number of carbonyl (C=O) groups excluding carboxylic acids is 2. The van der Waals surface area contributed by atoms with Gasteiger partial charge in [-0.2, -0.15) is 0 Å². The van der Waals surface area contributed by atoms with E-state index in [1.165, 1.54) is 24.5 Å². The summed E-state index contributed by atoms with van der Waals surface area (Å²) in [6.07, 6.45) is 7.35. The molecule has 1 saturated carbocycles. The molecule has 0 atom stereocenters. The molecule has 1 aliphatic carbocycles. The number of amides is 2. The lowest BCUT2D eigenvalue weighted by molar-refractivity contribution is -0.124. The number of benzene rings is 1. The topological polar surface area (TPSA) is 66.8 Å². The van der Waals surface area contributed by atoms with Crippen LogP contribution in [0.25, 0.3) is 6.08 Å². The summed E-state index contributed by atoms with van der Waals surface area (Å²) in [6, 6.07) is 4.85. The van der Waals surface area contributed by atoms with Crippen LogP contribution in [0, 0.1) is 5.41 Å². The summed E-state index contributed by atoms with van der Waals surface area (Å²) in [5, 5.41) is 9.46. The monoisotopic (exact) mass is 361 g/mol. The number of nitrogens with zero attached hydrogens (tertiary/aromatic N) is 1. The highest BCUT2D eigenvalue weighted by molar-refractivity contribution is 8.18. The first-order chi connectivity index (χ1) is 11.9. The van der Waals surface area contributed by atoms with E-state index in [1.54, 1.807) is 18.2 Å². The molecule has 1 aliphatic heterocycles. The first-order valence-electron chi connectivity index (χ1n) is 8.54. The summed E-state index contributed by atoms with van der Waals surface area (Å²) in [5.41, 5.74) is 0.741. The Labute approximate surface area is 152 Å². The standard InChI is InChI=1S/C19H23NO4S/c1-19(8-4-3-5-9-19)12-20-17(22)16(25-18(20)23)11-13-6-7-14(21)15(10-13)24-2/h6-7,10-11,21H,3-5,8-9,12H2,1-2H3. The van der Waals surface area contributed by atoms with Crippen LogP contribution in [-0.2, 0) is 4.79 Å². The Hall–Kier alpha value is -1.95. The molecule has 1 aromatic rings. The van der Waals surface area contributed by atoms with Crippen molar-refractivity contribution in [1.82, 2.24) is 4.90 Å². The average Bonchev–Trinajstić information content (AvgIpc) is 2.84. The highest BCUT2D eigenvalue weighted by atomic mass is 32.2. The zero-order chi connectivity index (χ0) is 18.0. The largest absolute Gasteiger partial charge is 0.504 e. The molecule has 0 bridgehead atoms. The van der Waals surface area contributed by atoms with Gasteiger partial charge in [-0.05, 0) is 53.8 Å². The molecular weight excluding hydrogens is 338 g/mol. The van der Waals surface area contributed by atoms with Gasteiger partial charge in [-0.1, -0.05) is 32.3 Å². The van der Waals surface area contributed by atoms with Crippen molar-refractivity contribution >= 4 is 29.0 Å². The van der Waals surface area contributed by atoms with E-state index in [1.807, 2.05) is 0 Å². The summed E-state index contributed by atoms with van der Waals surface area (Å²) in [7, 11) is 1.47. The maximum atomic E-state index is 12.7. The van der Waals surface area contributed by atoms with Crippen molar-refractivity contribution < 1.29 is 19.4 Å². The highest BCUT2D eigenvalue weighted by Gasteiger charge is 2.40. The van der Waals surface area contributed by atoms with Crippen molar-refractivity contribution in [3.63, 3.8) is 0 Å². The summed E-state index contributed by atoms with van der Waals surface area (Å²) in [4.78, 5) is 26.8. The van der Waals surface area contributed by atoms with Crippen molar-refractivity contribution in [3.05, 3.63) is 28.7 Å². The number of hydrogen-bond acceptors (Lipinski definition) is 5. The first-order valence-corrected chi connectivity index (χ1v) is 9.36. The summed E-state index contributed by atoms with van der Waals surface area (Å²) in [6.45, 7) is 2.66. The number of thioether (sulfide) groups is 1. The molecule has 1 heterocycles. The fourth-order valence-electron chi connectivity index (χ4n) is 3.52. The van der Waals surface area contributed by atoms with E-state index < -0.39 is 0 Å². The number of ether oxygens (including phenoxy) is 1. The summed E-state index contributed by atoms with van der Waals surface area (Å²) in [5.74, 6) is 0.148. The van der Waals surface area contributed by atoms with Crippen molar-refractivity contribution in [2.24, 2.45) is 5.41 Å². The van der Waals surface area contributed by atoms with Crippen molar-refractivity contribution in [2.45, 2.75) is 39.0 Å². The normalized spacial score (nSPS) is 21.8. The van der Waals surface area contributed by atoms with Crippen molar-refractivity contribution in [2.75, 3.05) is 13.7 Å². The van der Waals surface area contributed by atoms with Gasteiger partial charge in [0.15, 0.2) is 11.5 Å². The second-order valence-electron chi connectivity index (χ2n) is 7.07. The molecular formula is C19H23NO4S. The fourth-order valence-corrected chi connectivity index (χ4v) is 4.36. The number of hydrogen-bond donors (Lipinski definition) is 1. The number of imide groups is 1. The van der Waals surface area contributed by atoms with Gasteiger partial charge in [0.05, 0.1) is 12.0 Å². The van der Waals surface area contributed by atoms with Gasteiger partial charge in [0.25, 0.3) is 11.1 Å². The number of aromatic hydroxyl groups is 1. The van der Waals surface area contributed by atoms with E-state index in [-0.39, 0.29) is 22.3 Å². The zero-order valence-corrected chi connectivity index (χ0v) is 15.4. The molecule has 1 saturated heterocycles. The molecule has 134 valence electrons. The van der Waals surface area contributed by atoms with Gasteiger partial charge in [-0.15, -0.1) is 0 Å². The van der Waals surface area contributed by atoms with Gasteiger partial charge in [0.1, 0.15) is 0 Å². The van der Waals surface area contributed by atoms with Gasteiger partial charge in [0.2, 0.25) is 0 Å². The van der Waals surface area contributed by atoms with E-state index in [4.69, 9.17) is 4.74 Å². The van der Waals surface area contributed by atoms with Crippen molar-refractivity contribution in [1.29, 1.82) is 0 Å². The lowest BCUT2D eigenvalue weighted by Gasteiger charge is -2.35. The van der Waals surface area contributed by atoms with Gasteiger partial charge in [-0.3, -0.25) is 14.5 Å². The van der Waals surface area contributed by atoms with Crippen LogP contribution in [0.15, 0.2) is 23.1 Å². The maximum absolute atomic E-state index is 12.7. The molecule has 6 heteroatoms. The predicted molar refractivity (Wildman–Crippen MR) is 98.5 cm³/mol. The molecule has 2 amide bonds. The van der Waals surface area contributed by atoms with Crippen LogP contribution in [0.1, 0.15) is 44.6 Å². The molecule has 1 N–H and O–H groups in total. The van der Waals surface area contributed by atoms with Crippen LogP contribution in [0.4, 0.5) is 4.79 Å². The fraction of sp³-hybridized carbons (Fsp3) is 0.474. The third kappa shape index (κ3) is 3.84. The third-order valence-corrected chi connectivity index (χ3v) is 5.88. The number of methoxy groups -OCH3 is 1. The molecule has 5 nitrogen and oxygen atoms in total. The van der Waals surface area contributed by atoms with Crippen LogP contribution < -0.4 is 4.74 Å². The molecule has 0 unspecified atom stereocenters. The van der Waals surface area contributed by atoms with Crippen molar-refractivity contribution in [3.8, 4) is 11.5 Å². The molecule has 1 aromatic carbocycles. The highest BCUT2D eigenvalue weighted by Crippen LogP contribution is 2.40. The van der Waals surface area contributed by atoms with E-state index in [9.17, 15) is 14.7 Å². The third-order valence-electron chi connectivity index (χ3n) is 4.98. The minimum absolute atomic E-state index is 0.0291. The Bertz CT molecular complexity index is 722. The number of phenols is 1. The number of carbonyl (C=O) groups is 2.